The van der Waals surface area contributed by atoms with Crippen molar-refractivity contribution in [3.8, 4) is 0 Å². The van der Waals surface area contributed by atoms with Crippen LogP contribution in [0.4, 0.5) is 0 Å². The third-order valence-electron chi connectivity index (χ3n) is 2.01. The van der Waals surface area contributed by atoms with Gasteiger partial charge in [0.2, 0.25) is 0 Å². The first kappa shape index (κ1) is 15.9. The summed E-state index contributed by atoms with van der Waals surface area (Å²) < 4.78 is 11.2. The Labute approximate surface area is 101 Å². The fourth-order valence-electron chi connectivity index (χ4n) is 1.23. The zero-order valence-electron chi connectivity index (χ0n) is 11.8. The minimum atomic E-state index is -0.0670. The average molecular weight is 231 g/mol. The predicted molar refractivity (Wildman–Crippen MR) is 68.8 cm³/mol. The molecular weight excluding hydrogens is 202 g/mol. The molecule has 16 heavy (non-hydrogen) atoms. The molecule has 0 fully saturated rings. The SMILES string of the molecule is CC(C)CNCC(C)OCCOC(C)(C)C. The third kappa shape index (κ3) is 12.0. The molecule has 0 aliphatic rings. The lowest BCUT2D eigenvalue weighted by atomic mass is 10.2. The van der Waals surface area contributed by atoms with Gasteiger partial charge in [0, 0.05) is 6.54 Å². The van der Waals surface area contributed by atoms with Crippen molar-refractivity contribution in [2.24, 2.45) is 5.92 Å². The van der Waals surface area contributed by atoms with Crippen LogP contribution in [0.1, 0.15) is 41.5 Å². The van der Waals surface area contributed by atoms with Crippen molar-refractivity contribution in [1.82, 2.24) is 5.32 Å². The van der Waals surface area contributed by atoms with E-state index in [1.165, 1.54) is 0 Å². The Morgan fingerprint density at radius 3 is 2.12 bits per heavy atom. The van der Waals surface area contributed by atoms with Crippen molar-refractivity contribution >= 4 is 0 Å². The molecule has 3 nitrogen and oxygen atoms in total. The van der Waals surface area contributed by atoms with Crippen LogP contribution in [0.3, 0.4) is 0 Å². The fourth-order valence-corrected chi connectivity index (χ4v) is 1.23. The van der Waals surface area contributed by atoms with Gasteiger partial charge in [-0.1, -0.05) is 13.8 Å². The number of hydrogen-bond donors (Lipinski definition) is 1. The average Bonchev–Trinajstić information content (AvgIpc) is 2.10. The molecule has 0 aliphatic carbocycles. The number of hydrogen-bond acceptors (Lipinski definition) is 3. The standard InChI is InChI=1S/C13H29NO2/c1-11(2)9-14-10-12(3)15-7-8-16-13(4,5)6/h11-12,14H,7-10H2,1-6H3. The normalized spacial score (nSPS) is 14.4. The summed E-state index contributed by atoms with van der Waals surface area (Å²) in [4.78, 5) is 0. The van der Waals surface area contributed by atoms with Gasteiger partial charge in [-0.3, -0.25) is 0 Å². The molecule has 3 heteroatoms. The molecule has 0 aromatic carbocycles. The molecule has 1 unspecified atom stereocenters. The van der Waals surface area contributed by atoms with E-state index in [0.29, 0.717) is 19.1 Å². The van der Waals surface area contributed by atoms with Crippen LogP contribution >= 0.6 is 0 Å². The van der Waals surface area contributed by atoms with E-state index in [0.717, 1.165) is 13.1 Å². The van der Waals surface area contributed by atoms with Crippen LogP contribution in [0.5, 0.6) is 0 Å². The molecule has 0 heterocycles. The molecule has 0 spiro atoms. The Kier molecular flexibility index (Phi) is 7.98. The molecule has 1 atom stereocenters. The zero-order valence-corrected chi connectivity index (χ0v) is 11.8. The molecule has 0 aliphatic heterocycles. The molecule has 0 saturated heterocycles. The molecule has 0 aromatic heterocycles. The highest BCUT2D eigenvalue weighted by Crippen LogP contribution is 2.05. The van der Waals surface area contributed by atoms with Crippen LogP contribution in [0, 0.1) is 5.92 Å². The van der Waals surface area contributed by atoms with E-state index in [4.69, 9.17) is 9.47 Å². The van der Waals surface area contributed by atoms with Crippen molar-refractivity contribution in [3.05, 3.63) is 0 Å². The minimum absolute atomic E-state index is 0.0670. The lowest BCUT2D eigenvalue weighted by Crippen LogP contribution is -2.31. The van der Waals surface area contributed by atoms with E-state index >= 15 is 0 Å². The van der Waals surface area contributed by atoms with Crippen LogP contribution < -0.4 is 5.32 Å². The Morgan fingerprint density at radius 2 is 1.62 bits per heavy atom. The van der Waals surface area contributed by atoms with E-state index in [1.54, 1.807) is 0 Å². The number of nitrogens with one attached hydrogen (secondary N) is 1. The maximum absolute atomic E-state index is 5.63. The minimum Gasteiger partial charge on any atom is -0.375 e. The van der Waals surface area contributed by atoms with Gasteiger partial charge in [-0.2, -0.15) is 0 Å². The lowest BCUT2D eigenvalue weighted by molar-refractivity contribution is -0.0480. The Morgan fingerprint density at radius 1 is 1.00 bits per heavy atom. The molecule has 0 aromatic rings. The van der Waals surface area contributed by atoms with Gasteiger partial charge >= 0.3 is 0 Å². The molecule has 1 N–H and O–H groups in total. The van der Waals surface area contributed by atoms with Gasteiger partial charge in [0.05, 0.1) is 24.9 Å². The van der Waals surface area contributed by atoms with Gasteiger partial charge in [-0.05, 0) is 40.2 Å². The summed E-state index contributed by atoms with van der Waals surface area (Å²) in [5.41, 5.74) is -0.0670. The van der Waals surface area contributed by atoms with Crippen LogP contribution in [-0.2, 0) is 9.47 Å². The smallest absolute Gasteiger partial charge is 0.0707 e. The monoisotopic (exact) mass is 231 g/mol. The summed E-state index contributed by atoms with van der Waals surface area (Å²) in [6.45, 7) is 16.0. The third-order valence-corrected chi connectivity index (χ3v) is 2.01. The highest BCUT2D eigenvalue weighted by Gasteiger charge is 2.09. The molecule has 0 bridgehead atoms. The summed E-state index contributed by atoms with van der Waals surface area (Å²) in [6, 6.07) is 0. The summed E-state index contributed by atoms with van der Waals surface area (Å²) in [6.07, 6.45) is 0.252. The van der Waals surface area contributed by atoms with Gasteiger partial charge < -0.3 is 14.8 Å². The van der Waals surface area contributed by atoms with Crippen LogP contribution in [0.2, 0.25) is 0 Å². The first-order chi connectivity index (χ1) is 7.31. The fraction of sp³-hybridized carbons (Fsp3) is 1.00. The molecule has 0 amide bonds. The van der Waals surface area contributed by atoms with Crippen LogP contribution in [0.15, 0.2) is 0 Å². The first-order valence-electron chi connectivity index (χ1n) is 6.27. The second-order valence-corrected chi connectivity index (χ2v) is 5.69. The van der Waals surface area contributed by atoms with Gasteiger partial charge in [-0.25, -0.2) is 0 Å². The van der Waals surface area contributed by atoms with Gasteiger partial charge in [0.15, 0.2) is 0 Å². The van der Waals surface area contributed by atoms with Crippen molar-refractivity contribution in [2.45, 2.75) is 53.2 Å². The molecule has 0 radical (unpaired) electrons. The summed E-state index contributed by atoms with van der Waals surface area (Å²) in [7, 11) is 0. The van der Waals surface area contributed by atoms with Crippen molar-refractivity contribution in [3.63, 3.8) is 0 Å². The highest BCUT2D eigenvalue weighted by atomic mass is 16.5. The van der Waals surface area contributed by atoms with Crippen LogP contribution in [-0.4, -0.2) is 38.0 Å². The first-order valence-corrected chi connectivity index (χ1v) is 6.27. The van der Waals surface area contributed by atoms with E-state index in [9.17, 15) is 0 Å². The van der Waals surface area contributed by atoms with Gasteiger partial charge in [0.1, 0.15) is 0 Å². The van der Waals surface area contributed by atoms with E-state index in [2.05, 4.69) is 46.9 Å². The maximum Gasteiger partial charge on any atom is 0.0707 e. The van der Waals surface area contributed by atoms with Crippen LogP contribution in [0.25, 0.3) is 0 Å². The predicted octanol–water partition coefficient (Wildman–Crippen LogP) is 2.45. The quantitative estimate of drug-likeness (QED) is 0.651. The zero-order chi connectivity index (χ0) is 12.6. The van der Waals surface area contributed by atoms with E-state index in [1.807, 2.05) is 0 Å². The van der Waals surface area contributed by atoms with Gasteiger partial charge in [0.25, 0.3) is 0 Å². The highest BCUT2D eigenvalue weighted by molar-refractivity contribution is 4.59. The van der Waals surface area contributed by atoms with Crippen molar-refractivity contribution < 1.29 is 9.47 Å². The molecule has 98 valence electrons. The number of rotatable bonds is 8. The maximum atomic E-state index is 5.63. The summed E-state index contributed by atoms with van der Waals surface area (Å²) in [5, 5.41) is 3.38. The van der Waals surface area contributed by atoms with Crippen molar-refractivity contribution in [2.75, 3.05) is 26.3 Å². The molecular formula is C13H29NO2. The Bertz CT molecular complexity index is 164. The second-order valence-electron chi connectivity index (χ2n) is 5.69. The number of ether oxygens (including phenoxy) is 2. The summed E-state index contributed by atoms with van der Waals surface area (Å²) in [5.74, 6) is 0.691. The van der Waals surface area contributed by atoms with E-state index in [-0.39, 0.29) is 11.7 Å². The van der Waals surface area contributed by atoms with Gasteiger partial charge in [-0.15, -0.1) is 0 Å². The van der Waals surface area contributed by atoms with Crippen molar-refractivity contribution in [1.29, 1.82) is 0 Å². The molecule has 0 saturated carbocycles. The topological polar surface area (TPSA) is 30.5 Å². The second kappa shape index (κ2) is 8.04. The Hall–Kier alpha value is -0.120. The summed E-state index contributed by atoms with van der Waals surface area (Å²) >= 11 is 0. The lowest BCUT2D eigenvalue weighted by Gasteiger charge is -2.20. The largest absolute Gasteiger partial charge is 0.375 e. The Balaban J connectivity index is 3.34. The molecule has 0 rings (SSSR count). The van der Waals surface area contributed by atoms with E-state index < -0.39 is 0 Å².